The van der Waals surface area contributed by atoms with E-state index >= 15 is 0 Å². The molecular weight excluding hydrogens is 1100 g/mol. The van der Waals surface area contributed by atoms with E-state index in [1.807, 2.05) is 144 Å². The fraction of sp³-hybridized carbons (Fsp3) is 0.0462. The monoisotopic (exact) mass is 1150 g/mol. The maximum absolute atomic E-state index is 5.84. The van der Waals surface area contributed by atoms with Gasteiger partial charge in [0.1, 0.15) is 56.8 Å². The van der Waals surface area contributed by atoms with Crippen LogP contribution in [-0.4, -0.2) is 99.6 Å². The molecule has 12 aromatic heterocycles. The van der Waals surface area contributed by atoms with Crippen molar-refractivity contribution in [3.63, 3.8) is 0 Å². The molecule has 3 aromatic carbocycles. The number of aryl methyl sites for hydroxylation is 3. The molecule has 0 unspecified atom stereocenters. The summed E-state index contributed by atoms with van der Waals surface area (Å²) in [4.78, 5) is 28.4. The number of para-hydroxylation sites is 1. The largest absolute Gasteiger partial charge is 0.399 e. The Bertz CT molecular complexity index is 5060. The molecule has 15 rings (SSSR count). The summed E-state index contributed by atoms with van der Waals surface area (Å²) in [5, 5.41) is 39.9. The fourth-order valence-electron chi connectivity index (χ4n) is 8.24. The molecule has 12 heterocycles. The Labute approximate surface area is 501 Å². The number of imidazole rings is 3. The van der Waals surface area contributed by atoms with Crippen LogP contribution >= 0.6 is 0 Å². The Morgan fingerprint density at radius 3 is 1.45 bits per heavy atom. The summed E-state index contributed by atoms with van der Waals surface area (Å²) in [6.07, 6.45) is 18.9. The van der Waals surface area contributed by atoms with Crippen LogP contribution in [-0.2, 0) is 21.1 Å². The number of benzene rings is 3. The summed E-state index contributed by atoms with van der Waals surface area (Å²) in [6, 6.07) is 33.8. The van der Waals surface area contributed by atoms with Crippen LogP contribution in [0.3, 0.4) is 0 Å². The Hall–Kier alpha value is -13.6. The molecule has 0 saturated heterocycles. The van der Waals surface area contributed by atoms with Gasteiger partial charge in [0.15, 0.2) is 11.3 Å². The first-order valence-corrected chi connectivity index (χ1v) is 26.7. The molecule has 0 aliphatic heterocycles. The molecule has 23 nitrogen and oxygen atoms in total. The highest BCUT2D eigenvalue weighted by molar-refractivity contribution is 5.93. The normalized spacial score (nSPS) is 10.1. The molecule has 88 heavy (non-hydrogen) atoms. The first kappa shape index (κ1) is 56.3. The van der Waals surface area contributed by atoms with E-state index in [1.54, 1.807) is 68.6 Å². The second-order valence-electron chi connectivity index (χ2n) is 18.9. The molecular formula is C65H49N23. The highest BCUT2D eigenvalue weighted by Crippen LogP contribution is 2.22. The molecule has 23 heteroatoms. The summed E-state index contributed by atoms with van der Waals surface area (Å²) in [5.41, 5.74) is 31.2. The van der Waals surface area contributed by atoms with Crippen molar-refractivity contribution >= 4 is 71.8 Å². The number of nitrogen functional groups attached to an aromatic ring is 3. The standard InChI is InChI=1S/3C13H11N5.2C13H8N4/c1-18-8-15-7-10(18)3-5-13-11-6-9(14)2-4-12(11)16-17-13;1-18-8-15-7-10(18)3-5-12-11-4-2-9(14)6-13(11)17-16-12;1-18-8-15-7-9(18)5-6-12-10-3-2-4-11(14)13(10)17-16-12;1-2-11-12(16-17-13(11)15-7-1)4-3-10-5-8-14-9-6-10;1-2-8-14-10(4-1)6-7-12-11-5-3-9-15-13(11)17-16-12/h2*2,4,6-8H,14H2,1H3,(H,16,17);2-4,7-8H,14H2,1H3,(H,16,17);1-2,5-9H,(H,15,16,17);1-5,8-9H,(H,15,16,17). The van der Waals surface area contributed by atoms with Crippen LogP contribution in [0.15, 0.2) is 178 Å². The highest BCUT2D eigenvalue weighted by Gasteiger charge is 2.08. The minimum Gasteiger partial charge on any atom is -0.399 e. The maximum Gasteiger partial charge on any atom is 0.182 e. The Balaban J connectivity index is 0.000000114. The number of nitrogens with two attached hydrogens (primary N) is 3. The van der Waals surface area contributed by atoms with Gasteiger partial charge >= 0.3 is 0 Å². The van der Waals surface area contributed by atoms with Crippen LogP contribution in [0, 0.1) is 59.2 Å². The van der Waals surface area contributed by atoms with Crippen molar-refractivity contribution in [3.8, 4) is 59.2 Å². The second-order valence-corrected chi connectivity index (χ2v) is 18.9. The van der Waals surface area contributed by atoms with Crippen LogP contribution in [0.2, 0.25) is 0 Å². The van der Waals surface area contributed by atoms with Crippen molar-refractivity contribution in [2.75, 3.05) is 17.2 Å². The van der Waals surface area contributed by atoms with Gasteiger partial charge in [-0.2, -0.15) is 25.5 Å². The van der Waals surface area contributed by atoms with Gasteiger partial charge in [0.2, 0.25) is 0 Å². The van der Waals surface area contributed by atoms with Crippen molar-refractivity contribution < 1.29 is 0 Å². The number of fused-ring (bicyclic) bond motifs is 5. The summed E-state index contributed by atoms with van der Waals surface area (Å²) >= 11 is 0. The lowest BCUT2D eigenvalue weighted by Crippen LogP contribution is -1.88. The molecule has 0 atom stereocenters. The molecule has 0 saturated carbocycles. The molecule has 0 aliphatic carbocycles. The number of rotatable bonds is 0. The van der Waals surface area contributed by atoms with Crippen molar-refractivity contribution in [1.29, 1.82) is 0 Å². The summed E-state index contributed by atoms with van der Waals surface area (Å²) in [7, 11) is 5.71. The fourth-order valence-corrected chi connectivity index (χ4v) is 8.24. The molecule has 0 fully saturated rings. The summed E-state index contributed by atoms with van der Waals surface area (Å²) in [6.45, 7) is 0. The zero-order valence-corrected chi connectivity index (χ0v) is 47.2. The van der Waals surface area contributed by atoms with Gasteiger partial charge in [-0.05, 0) is 150 Å². The number of aromatic nitrogens is 20. The van der Waals surface area contributed by atoms with E-state index in [0.717, 1.165) is 100 Å². The Morgan fingerprint density at radius 1 is 0.364 bits per heavy atom. The highest BCUT2D eigenvalue weighted by atomic mass is 15.2. The number of hydrogen-bond acceptors (Lipinski definition) is 15. The molecule has 0 radical (unpaired) electrons. The van der Waals surface area contributed by atoms with Crippen molar-refractivity contribution in [2.24, 2.45) is 21.1 Å². The lowest BCUT2D eigenvalue weighted by molar-refractivity contribution is 0.899. The van der Waals surface area contributed by atoms with Crippen LogP contribution < -0.4 is 17.2 Å². The summed E-state index contributed by atoms with van der Waals surface area (Å²) < 4.78 is 5.59. The second kappa shape index (κ2) is 26.6. The van der Waals surface area contributed by atoms with E-state index in [4.69, 9.17) is 17.2 Å². The van der Waals surface area contributed by atoms with E-state index in [9.17, 15) is 0 Å². The third-order valence-electron chi connectivity index (χ3n) is 12.8. The van der Waals surface area contributed by atoms with Gasteiger partial charge in [-0.1, -0.05) is 18.1 Å². The quantitative estimate of drug-likeness (QED) is 0.0544. The van der Waals surface area contributed by atoms with Crippen LogP contribution in [0.5, 0.6) is 0 Å². The smallest absolute Gasteiger partial charge is 0.182 e. The molecule has 424 valence electrons. The van der Waals surface area contributed by atoms with Gasteiger partial charge in [-0.25, -0.2) is 29.9 Å². The van der Waals surface area contributed by atoms with Crippen LogP contribution in [0.25, 0.3) is 54.8 Å². The predicted octanol–water partition coefficient (Wildman–Crippen LogP) is 7.34. The molecule has 15 aromatic rings. The minimum atomic E-state index is 0.650. The van der Waals surface area contributed by atoms with E-state index in [1.165, 1.54) is 0 Å². The average molecular weight is 1150 g/mol. The molecule has 0 amide bonds. The molecule has 0 bridgehead atoms. The van der Waals surface area contributed by atoms with Crippen molar-refractivity contribution in [1.82, 2.24) is 99.6 Å². The Morgan fingerprint density at radius 2 is 0.864 bits per heavy atom. The van der Waals surface area contributed by atoms with Gasteiger partial charge in [0.05, 0.1) is 65.1 Å². The number of anilines is 3. The van der Waals surface area contributed by atoms with Gasteiger partial charge in [0, 0.05) is 85.2 Å². The third-order valence-corrected chi connectivity index (χ3v) is 12.8. The third kappa shape index (κ3) is 13.7. The first-order chi connectivity index (χ1) is 43.1. The topological polar surface area (TPSA) is 326 Å². The van der Waals surface area contributed by atoms with Crippen LogP contribution in [0.1, 0.15) is 56.8 Å². The van der Waals surface area contributed by atoms with E-state index in [0.29, 0.717) is 28.4 Å². The van der Waals surface area contributed by atoms with Gasteiger partial charge in [-0.15, -0.1) is 0 Å². The van der Waals surface area contributed by atoms with Crippen molar-refractivity contribution in [2.45, 2.75) is 0 Å². The maximum atomic E-state index is 5.84. The lowest BCUT2D eigenvalue weighted by atomic mass is 10.2. The number of aromatic amines is 5. The summed E-state index contributed by atoms with van der Waals surface area (Å²) in [5.74, 6) is 30.4. The van der Waals surface area contributed by atoms with Gasteiger partial charge in [0.25, 0.3) is 0 Å². The van der Waals surface area contributed by atoms with Crippen molar-refractivity contribution in [3.05, 3.63) is 235 Å². The number of nitrogens with zero attached hydrogens (tertiary/aromatic N) is 15. The van der Waals surface area contributed by atoms with Gasteiger partial charge < -0.3 is 30.9 Å². The number of hydrogen-bond donors (Lipinski definition) is 8. The molecule has 0 aliphatic rings. The lowest BCUT2D eigenvalue weighted by Gasteiger charge is -1.92. The number of nitrogens with one attached hydrogen (secondary N) is 5. The number of H-pyrrole nitrogens is 5. The minimum absolute atomic E-state index is 0.650. The zero-order valence-electron chi connectivity index (χ0n) is 47.2. The van der Waals surface area contributed by atoms with E-state index in [-0.39, 0.29) is 0 Å². The van der Waals surface area contributed by atoms with E-state index in [2.05, 4.69) is 145 Å². The van der Waals surface area contributed by atoms with Crippen LogP contribution in [0.4, 0.5) is 17.1 Å². The average Bonchev–Trinajstić information content (AvgIpc) is 4.57. The number of pyridine rings is 4. The molecule has 0 spiro atoms. The van der Waals surface area contributed by atoms with E-state index < -0.39 is 0 Å². The molecule has 11 N–H and O–H groups in total. The first-order valence-electron chi connectivity index (χ1n) is 26.7. The predicted molar refractivity (Wildman–Crippen MR) is 337 cm³/mol. The Kier molecular flexibility index (Phi) is 17.0. The van der Waals surface area contributed by atoms with Gasteiger partial charge in [-0.3, -0.25) is 30.5 Å². The zero-order chi connectivity index (χ0) is 60.6. The SMILES string of the molecule is C(#Cc1[nH]nc2ncccc12)c1ccccn1.C(#Cc1[nH]nc2ncccc12)c1ccncc1.Cn1cncc1C#Cc1[nH]nc2c(N)cccc12.Cn1cncc1C#Cc1[nH]nc2cc(N)ccc12.Cn1cncc1C#Cc1[nH]nc2ccc(N)cc12.